The summed E-state index contributed by atoms with van der Waals surface area (Å²) < 4.78 is 30.9. The van der Waals surface area contributed by atoms with Gasteiger partial charge in [-0.15, -0.1) is 12.4 Å². The number of aliphatic hydroxyl groups is 1. The molecule has 9 heteroatoms. The molecule has 3 aromatic carbocycles. The van der Waals surface area contributed by atoms with Crippen LogP contribution in [0.15, 0.2) is 72.8 Å². The van der Waals surface area contributed by atoms with Gasteiger partial charge in [-0.05, 0) is 52.8 Å². The number of ether oxygens (including phenoxy) is 1. The van der Waals surface area contributed by atoms with E-state index in [1.807, 2.05) is 80.6 Å². The van der Waals surface area contributed by atoms with Crippen molar-refractivity contribution in [2.24, 2.45) is 5.92 Å². The molecule has 0 saturated heterocycles. The molecule has 0 fully saturated rings. The van der Waals surface area contributed by atoms with Crippen molar-refractivity contribution < 1.29 is 23.1 Å². The Morgan fingerprint density at radius 3 is 2.24 bits per heavy atom. The van der Waals surface area contributed by atoms with Crippen molar-refractivity contribution in [2.45, 2.75) is 26.4 Å². The minimum absolute atomic E-state index is 0. The molecule has 3 N–H and O–H groups in total. The van der Waals surface area contributed by atoms with Crippen LogP contribution in [0.2, 0.25) is 0 Å². The van der Waals surface area contributed by atoms with Crippen LogP contribution >= 0.6 is 12.4 Å². The molecular weight excluding hydrogens is 512 g/mol. The summed E-state index contributed by atoms with van der Waals surface area (Å²) in [4.78, 5) is 12.5. The number of halogens is 1. The van der Waals surface area contributed by atoms with Crippen molar-refractivity contribution in [2.75, 3.05) is 26.0 Å². The van der Waals surface area contributed by atoms with Crippen molar-refractivity contribution in [1.82, 2.24) is 10.0 Å². The van der Waals surface area contributed by atoms with E-state index in [1.165, 1.54) is 0 Å². The Bertz CT molecular complexity index is 1250. The maximum Gasteiger partial charge on any atom is 0.264 e. The first-order valence-electron chi connectivity index (χ1n) is 11.9. The second-order valence-electron chi connectivity index (χ2n) is 9.18. The van der Waals surface area contributed by atoms with E-state index in [0.717, 1.165) is 34.3 Å². The van der Waals surface area contributed by atoms with E-state index in [9.17, 15) is 18.3 Å². The summed E-state index contributed by atoms with van der Waals surface area (Å²) in [6.45, 7) is 5.61. The van der Waals surface area contributed by atoms with Crippen molar-refractivity contribution >= 4 is 28.3 Å². The summed E-state index contributed by atoms with van der Waals surface area (Å²) in [6, 6.07) is 22.6. The second-order valence-corrected chi connectivity index (χ2v) is 10.9. The predicted molar refractivity (Wildman–Crippen MR) is 150 cm³/mol. The molecule has 3 rings (SSSR count). The Morgan fingerprint density at radius 1 is 0.973 bits per heavy atom. The SMILES string of the molecule is CC(C)Cc1cc(-c2ccc(OCCNC[C@@H](O)c3ccccc3)cc2)ccc1C(=O)NS(C)(=O)=O.Cl. The Kier molecular flexibility index (Phi) is 11.6. The number of aliphatic hydroxyl groups excluding tert-OH is 1. The van der Waals surface area contributed by atoms with Crippen LogP contribution < -0.4 is 14.8 Å². The van der Waals surface area contributed by atoms with Crippen molar-refractivity contribution in [3.8, 4) is 16.9 Å². The van der Waals surface area contributed by atoms with Gasteiger partial charge in [0.1, 0.15) is 12.4 Å². The zero-order valence-electron chi connectivity index (χ0n) is 21.3. The van der Waals surface area contributed by atoms with Gasteiger partial charge >= 0.3 is 0 Å². The smallest absolute Gasteiger partial charge is 0.264 e. The van der Waals surface area contributed by atoms with Gasteiger partial charge in [0.05, 0.1) is 12.4 Å². The molecule has 0 heterocycles. The lowest BCUT2D eigenvalue weighted by Crippen LogP contribution is -2.30. The normalized spacial score (nSPS) is 12.0. The molecule has 1 atom stereocenters. The number of sulfonamides is 1. The van der Waals surface area contributed by atoms with Crippen LogP contribution in [0, 0.1) is 5.92 Å². The summed E-state index contributed by atoms with van der Waals surface area (Å²) in [6.07, 6.45) is 1.05. The van der Waals surface area contributed by atoms with Gasteiger partial charge in [-0.2, -0.15) is 0 Å². The molecule has 0 saturated carbocycles. The summed E-state index contributed by atoms with van der Waals surface area (Å²) in [5.74, 6) is 0.410. The van der Waals surface area contributed by atoms with E-state index >= 15 is 0 Å². The first kappa shape index (κ1) is 30.3. The zero-order chi connectivity index (χ0) is 26.1. The Labute approximate surface area is 225 Å². The fourth-order valence-electron chi connectivity index (χ4n) is 3.84. The fourth-order valence-corrected chi connectivity index (χ4v) is 4.29. The second kappa shape index (κ2) is 14.1. The van der Waals surface area contributed by atoms with Gasteiger partial charge in [0, 0.05) is 18.7 Å². The molecule has 0 spiro atoms. The number of hydrogen-bond acceptors (Lipinski definition) is 6. The summed E-state index contributed by atoms with van der Waals surface area (Å²) >= 11 is 0. The van der Waals surface area contributed by atoms with E-state index < -0.39 is 22.0 Å². The van der Waals surface area contributed by atoms with Gasteiger partial charge in [0.15, 0.2) is 0 Å². The molecule has 0 radical (unpaired) electrons. The molecule has 0 aliphatic rings. The number of carbonyl (C=O) groups is 1. The average Bonchev–Trinajstić information content (AvgIpc) is 2.83. The largest absolute Gasteiger partial charge is 0.492 e. The van der Waals surface area contributed by atoms with Crippen LogP contribution in [0.25, 0.3) is 11.1 Å². The van der Waals surface area contributed by atoms with Crippen LogP contribution in [-0.2, 0) is 16.4 Å². The van der Waals surface area contributed by atoms with Gasteiger partial charge < -0.3 is 15.2 Å². The lowest BCUT2D eigenvalue weighted by molar-refractivity contribution is 0.0980. The van der Waals surface area contributed by atoms with Crippen LogP contribution in [0.4, 0.5) is 0 Å². The number of carbonyl (C=O) groups excluding carboxylic acids is 1. The topological polar surface area (TPSA) is 105 Å². The maximum absolute atomic E-state index is 12.5. The van der Waals surface area contributed by atoms with Gasteiger partial charge in [-0.3, -0.25) is 4.79 Å². The molecule has 0 unspecified atom stereocenters. The molecule has 0 bridgehead atoms. The lowest BCUT2D eigenvalue weighted by atomic mass is 9.93. The molecule has 7 nitrogen and oxygen atoms in total. The molecule has 200 valence electrons. The quantitative estimate of drug-likeness (QED) is 0.291. The highest BCUT2D eigenvalue weighted by Gasteiger charge is 2.17. The van der Waals surface area contributed by atoms with Crippen molar-refractivity contribution in [1.29, 1.82) is 0 Å². The molecule has 37 heavy (non-hydrogen) atoms. The molecular formula is C28H35ClN2O5S. The van der Waals surface area contributed by atoms with E-state index in [2.05, 4.69) is 10.0 Å². The van der Waals surface area contributed by atoms with E-state index in [1.54, 1.807) is 6.07 Å². The van der Waals surface area contributed by atoms with Gasteiger partial charge in [-0.25, -0.2) is 13.1 Å². The first-order chi connectivity index (χ1) is 17.1. The minimum atomic E-state index is -3.64. The number of amides is 1. The third-order valence-electron chi connectivity index (χ3n) is 5.51. The Morgan fingerprint density at radius 2 is 1.62 bits per heavy atom. The van der Waals surface area contributed by atoms with Crippen LogP contribution in [-0.4, -0.2) is 45.4 Å². The highest BCUT2D eigenvalue weighted by molar-refractivity contribution is 7.89. The fraction of sp³-hybridized carbons (Fsp3) is 0.321. The molecule has 0 aromatic heterocycles. The maximum atomic E-state index is 12.5. The average molecular weight is 547 g/mol. The first-order valence-corrected chi connectivity index (χ1v) is 13.8. The van der Waals surface area contributed by atoms with Crippen molar-refractivity contribution in [3.63, 3.8) is 0 Å². The van der Waals surface area contributed by atoms with Crippen molar-refractivity contribution in [3.05, 3.63) is 89.5 Å². The van der Waals surface area contributed by atoms with Gasteiger partial charge in [0.25, 0.3) is 5.91 Å². The van der Waals surface area contributed by atoms with Crippen LogP contribution in [0.5, 0.6) is 5.75 Å². The van der Waals surface area contributed by atoms with Crippen LogP contribution in [0.1, 0.15) is 41.4 Å². The van der Waals surface area contributed by atoms with E-state index in [0.29, 0.717) is 37.6 Å². The third-order valence-corrected chi connectivity index (χ3v) is 6.07. The number of benzene rings is 3. The molecule has 0 aliphatic heterocycles. The van der Waals surface area contributed by atoms with E-state index in [4.69, 9.17) is 4.74 Å². The highest BCUT2D eigenvalue weighted by atomic mass is 35.5. The standard InChI is InChI=1S/C28H34N2O5S.ClH/c1-20(2)17-24-18-23(11-14-26(24)28(32)30-36(3,33)34)21-9-12-25(13-10-21)35-16-15-29-19-27(31)22-7-5-4-6-8-22;/h4-14,18,20,27,29,31H,15-17,19H2,1-3H3,(H,30,32);1H/t27-;/m1./s1. The van der Waals surface area contributed by atoms with Crippen LogP contribution in [0.3, 0.4) is 0 Å². The van der Waals surface area contributed by atoms with Gasteiger partial charge in [0.2, 0.25) is 10.0 Å². The molecule has 3 aromatic rings. The zero-order valence-corrected chi connectivity index (χ0v) is 22.9. The lowest BCUT2D eigenvalue weighted by Gasteiger charge is -2.14. The Hall–Kier alpha value is -2.91. The monoisotopic (exact) mass is 546 g/mol. The summed E-state index contributed by atoms with van der Waals surface area (Å²) in [5.41, 5.74) is 3.94. The third kappa shape index (κ3) is 9.81. The highest BCUT2D eigenvalue weighted by Crippen LogP contribution is 2.26. The Balaban J connectivity index is 0.00000481. The number of hydrogen-bond donors (Lipinski definition) is 3. The number of rotatable bonds is 12. The summed E-state index contributed by atoms with van der Waals surface area (Å²) in [5, 5.41) is 13.4. The minimum Gasteiger partial charge on any atom is -0.492 e. The molecule has 0 aliphatic carbocycles. The molecule has 1 amide bonds. The summed E-state index contributed by atoms with van der Waals surface area (Å²) in [7, 11) is -3.64. The van der Waals surface area contributed by atoms with E-state index in [-0.39, 0.29) is 12.4 Å². The van der Waals surface area contributed by atoms with Gasteiger partial charge in [-0.1, -0.05) is 68.4 Å². The number of nitrogens with one attached hydrogen (secondary N) is 2. The predicted octanol–water partition coefficient (Wildman–Crippen LogP) is 4.37.